The minimum Gasteiger partial charge on any atom is -0.507 e. The fourth-order valence-corrected chi connectivity index (χ4v) is 3.49. The van der Waals surface area contributed by atoms with E-state index in [1.54, 1.807) is 25.1 Å². The van der Waals surface area contributed by atoms with Gasteiger partial charge in [0.15, 0.2) is 0 Å². The van der Waals surface area contributed by atoms with Gasteiger partial charge in [0.05, 0.1) is 7.11 Å². The zero-order valence-corrected chi connectivity index (χ0v) is 17.7. The Balaban J connectivity index is 1.71. The molecule has 0 unspecified atom stereocenters. The summed E-state index contributed by atoms with van der Waals surface area (Å²) in [6.07, 6.45) is 0. The molecule has 30 heavy (non-hydrogen) atoms. The Labute approximate surface area is 179 Å². The summed E-state index contributed by atoms with van der Waals surface area (Å²) in [4.78, 5) is 26.1. The second-order valence-corrected chi connectivity index (χ2v) is 7.61. The highest BCUT2D eigenvalue weighted by Gasteiger charge is 2.12. The molecule has 0 spiro atoms. The number of rotatable bonds is 6. The second-order valence-electron chi connectivity index (χ2n) is 6.73. The molecule has 0 atom stereocenters. The summed E-state index contributed by atoms with van der Waals surface area (Å²) in [5.41, 5.74) is 3.45. The van der Waals surface area contributed by atoms with Gasteiger partial charge >= 0.3 is 5.97 Å². The summed E-state index contributed by atoms with van der Waals surface area (Å²) < 4.78 is 7.78. The van der Waals surface area contributed by atoms with E-state index in [0.29, 0.717) is 11.3 Å². The summed E-state index contributed by atoms with van der Waals surface area (Å²) in [7, 11) is 4.73. The van der Waals surface area contributed by atoms with Crippen LogP contribution < -0.4 is 4.72 Å². The number of amides is 1. The molecule has 7 heteroatoms. The van der Waals surface area contributed by atoms with Crippen LogP contribution in [0.25, 0.3) is 11.1 Å². The predicted molar refractivity (Wildman–Crippen MR) is 119 cm³/mol. The van der Waals surface area contributed by atoms with Gasteiger partial charge in [0.1, 0.15) is 11.3 Å². The molecule has 2 N–H and O–H groups in total. The molecular weight excluding hydrogens is 400 g/mol. The molecule has 0 aliphatic heterocycles. The van der Waals surface area contributed by atoms with Crippen molar-refractivity contribution in [2.75, 3.05) is 25.9 Å². The van der Waals surface area contributed by atoms with E-state index in [9.17, 15) is 14.7 Å². The smallest absolute Gasteiger partial charge is 0.341 e. The summed E-state index contributed by atoms with van der Waals surface area (Å²) >= 11 is 1.38. The number of ether oxygens (including phenoxy) is 1. The number of hydrogen-bond donors (Lipinski definition) is 2. The lowest BCUT2D eigenvalue weighted by Crippen LogP contribution is -2.21. The van der Waals surface area contributed by atoms with Gasteiger partial charge in [-0.1, -0.05) is 24.3 Å². The number of benzene rings is 3. The van der Waals surface area contributed by atoms with Gasteiger partial charge < -0.3 is 19.5 Å². The average Bonchev–Trinajstić information content (AvgIpc) is 2.77. The number of nitrogens with one attached hydrogen (secondary N) is 1. The van der Waals surface area contributed by atoms with E-state index in [1.165, 1.54) is 31.2 Å². The van der Waals surface area contributed by atoms with Gasteiger partial charge in [-0.15, -0.1) is 0 Å². The van der Waals surface area contributed by atoms with Gasteiger partial charge in [0.2, 0.25) is 0 Å². The van der Waals surface area contributed by atoms with Crippen LogP contribution in [0.15, 0.2) is 71.6 Å². The van der Waals surface area contributed by atoms with Gasteiger partial charge in [-0.05, 0) is 59.5 Å². The number of carbonyl (C=O) groups excluding carboxylic acids is 2. The van der Waals surface area contributed by atoms with Gasteiger partial charge in [-0.25, -0.2) is 4.79 Å². The predicted octanol–water partition coefficient (Wildman–Crippen LogP) is 4.67. The molecule has 3 rings (SSSR count). The summed E-state index contributed by atoms with van der Waals surface area (Å²) in [5.74, 6) is -0.761. The van der Waals surface area contributed by atoms with Crippen molar-refractivity contribution in [3.05, 3.63) is 77.9 Å². The molecule has 1 amide bonds. The molecule has 3 aromatic carbocycles. The van der Waals surface area contributed by atoms with Crippen molar-refractivity contribution >= 4 is 29.5 Å². The number of carbonyl (C=O) groups is 2. The molecular formula is C23H22N2O4S. The van der Waals surface area contributed by atoms with E-state index in [4.69, 9.17) is 0 Å². The number of phenolic OH excluding ortho intramolecular Hbond substituents is 1. The van der Waals surface area contributed by atoms with Crippen LogP contribution in [-0.4, -0.2) is 43.1 Å². The Morgan fingerprint density at radius 1 is 0.967 bits per heavy atom. The van der Waals surface area contributed by atoms with Crippen LogP contribution in [0, 0.1) is 0 Å². The molecule has 0 radical (unpaired) electrons. The van der Waals surface area contributed by atoms with Crippen LogP contribution >= 0.6 is 11.9 Å². The maximum absolute atomic E-state index is 12.0. The standard InChI is InChI=1S/C23H22N2O4S/c1-25(2)22(27)16-9-7-15(8-10-16)17-5-4-6-19(13-17)30-24-18-11-12-20(21(26)14-18)23(28)29-3/h4-14,24,26H,1-3H3. The Morgan fingerprint density at radius 3 is 2.33 bits per heavy atom. The summed E-state index contributed by atoms with van der Waals surface area (Å²) in [6, 6.07) is 20.1. The van der Waals surface area contributed by atoms with E-state index in [2.05, 4.69) is 9.46 Å². The van der Waals surface area contributed by atoms with Gasteiger partial charge in [-0.2, -0.15) is 0 Å². The van der Waals surface area contributed by atoms with Crippen molar-refractivity contribution in [1.82, 2.24) is 4.90 Å². The fourth-order valence-electron chi connectivity index (χ4n) is 2.80. The quantitative estimate of drug-likeness (QED) is 0.444. The number of phenols is 1. The van der Waals surface area contributed by atoms with Gasteiger partial charge in [0, 0.05) is 36.3 Å². The Hall–Kier alpha value is -3.45. The van der Waals surface area contributed by atoms with Gasteiger partial charge in [0.25, 0.3) is 5.91 Å². The zero-order chi connectivity index (χ0) is 21.7. The third-order valence-electron chi connectivity index (χ3n) is 4.40. The number of esters is 1. The first-order chi connectivity index (χ1) is 14.4. The van der Waals surface area contributed by atoms with E-state index < -0.39 is 5.97 Å². The maximum atomic E-state index is 12.0. The molecule has 3 aromatic rings. The lowest BCUT2D eigenvalue weighted by atomic mass is 10.0. The van der Waals surface area contributed by atoms with Crippen molar-refractivity contribution < 1.29 is 19.4 Å². The maximum Gasteiger partial charge on any atom is 0.341 e. The van der Waals surface area contributed by atoms with Crippen LogP contribution in [0.5, 0.6) is 5.75 Å². The Kier molecular flexibility index (Phi) is 6.64. The number of nitrogens with zero attached hydrogens (tertiary/aromatic N) is 1. The first-order valence-electron chi connectivity index (χ1n) is 9.15. The van der Waals surface area contributed by atoms with Crippen molar-refractivity contribution in [1.29, 1.82) is 0 Å². The molecule has 0 aromatic heterocycles. The highest BCUT2D eigenvalue weighted by molar-refractivity contribution is 8.00. The topological polar surface area (TPSA) is 78.9 Å². The molecule has 0 heterocycles. The largest absolute Gasteiger partial charge is 0.507 e. The summed E-state index contributed by atoms with van der Waals surface area (Å²) in [6.45, 7) is 0. The van der Waals surface area contributed by atoms with Crippen LogP contribution in [0.4, 0.5) is 5.69 Å². The Bertz CT molecular complexity index is 1070. The monoisotopic (exact) mass is 422 g/mol. The fraction of sp³-hybridized carbons (Fsp3) is 0.130. The highest BCUT2D eigenvalue weighted by Crippen LogP contribution is 2.29. The highest BCUT2D eigenvalue weighted by atomic mass is 32.2. The average molecular weight is 423 g/mol. The second kappa shape index (κ2) is 9.37. The molecule has 0 aliphatic carbocycles. The number of hydrogen-bond acceptors (Lipinski definition) is 6. The normalized spacial score (nSPS) is 10.4. The number of aromatic hydroxyl groups is 1. The first kappa shape index (κ1) is 21.3. The van der Waals surface area contributed by atoms with E-state index in [1.807, 2.05) is 48.5 Å². The molecule has 154 valence electrons. The van der Waals surface area contributed by atoms with Crippen molar-refractivity contribution in [2.24, 2.45) is 0 Å². The third-order valence-corrected chi connectivity index (χ3v) is 5.22. The molecule has 0 bridgehead atoms. The molecule has 0 fully saturated rings. The summed E-state index contributed by atoms with van der Waals surface area (Å²) in [5, 5.41) is 10.0. The van der Waals surface area contributed by atoms with E-state index >= 15 is 0 Å². The lowest BCUT2D eigenvalue weighted by molar-refractivity contribution is 0.0597. The zero-order valence-electron chi connectivity index (χ0n) is 16.9. The first-order valence-corrected chi connectivity index (χ1v) is 9.97. The van der Waals surface area contributed by atoms with Crippen LogP contribution in [0.2, 0.25) is 0 Å². The van der Waals surface area contributed by atoms with E-state index in [-0.39, 0.29) is 17.2 Å². The number of anilines is 1. The SMILES string of the molecule is COC(=O)c1ccc(NSc2cccc(-c3ccc(C(=O)N(C)C)cc3)c2)cc1O. The van der Waals surface area contributed by atoms with Crippen LogP contribution in [0.1, 0.15) is 20.7 Å². The molecule has 0 aliphatic rings. The molecule has 0 saturated heterocycles. The third kappa shape index (κ3) is 4.93. The van der Waals surface area contributed by atoms with Crippen molar-refractivity contribution in [3.63, 3.8) is 0 Å². The minimum absolute atomic E-state index is 0.0310. The molecule has 0 saturated carbocycles. The van der Waals surface area contributed by atoms with E-state index in [0.717, 1.165) is 16.0 Å². The molecule has 6 nitrogen and oxygen atoms in total. The van der Waals surface area contributed by atoms with Crippen LogP contribution in [-0.2, 0) is 4.74 Å². The lowest BCUT2D eigenvalue weighted by Gasteiger charge is -2.11. The van der Waals surface area contributed by atoms with Crippen LogP contribution in [0.3, 0.4) is 0 Å². The number of methoxy groups -OCH3 is 1. The minimum atomic E-state index is -0.585. The van der Waals surface area contributed by atoms with Crippen molar-refractivity contribution in [2.45, 2.75) is 4.90 Å². The Morgan fingerprint density at radius 2 is 1.70 bits per heavy atom. The van der Waals surface area contributed by atoms with Crippen molar-refractivity contribution in [3.8, 4) is 16.9 Å². The van der Waals surface area contributed by atoms with Gasteiger partial charge in [-0.3, -0.25) is 4.79 Å².